The molecule has 2 aromatic rings. The van der Waals surface area contributed by atoms with E-state index < -0.39 is 17.8 Å². The summed E-state index contributed by atoms with van der Waals surface area (Å²) in [6.07, 6.45) is -4.64. The molecular weight excluding hydrogens is 275 g/mol. The number of H-pyrrole nitrogens is 1. The molecule has 0 aliphatic carbocycles. The average molecular weight is 287 g/mol. The maximum Gasteiger partial charge on any atom is 0.437 e. The monoisotopic (exact) mass is 287 g/mol. The van der Waals surface area contributed by atoms with E-state index in [0.717, 1.165) is 0 Å². The van der Waals surface area contributed by atoms with Crippen LogP contribution in [0.4, 0.5) is 18.9 Å². The van der Waals surface area contributed by atoms with Crippen LogP contribution in [0, 0.1) is 13.8 Å². The fourth-order valence-corrected chi connectivity index (χ4v) is 1.79. The van der Waals surface area contributed by atoms with E-state index in [9.17, 15) is 18.0 Å². The first-order valence-electron chi connectivity index (χ1n) is 5.64. The van der Waals surface area contributed by atoms with Crippen molar-refractivity contribution < 1.29 is 18.0 Å². The largest absolute Gasteiger partial charge is 0.437 e. The van der Waals surface area contributed by atoms with Gasteiger partial charge in [0.1, 0.15) is 5.69 Å². The van der Waals surface area contributed by atoms with Gasteiger partial charge in [0.2, 0.25) is 0 Å². The fourth-order valence-electron chi connectivity index (χ4n) is 1.79. The van der Waals surface area contributed by atoms with Crippen LogP contribution in [0.2, 0.25) is 0 Å². The van der Waals surface area contributed by atoms with Crippen LogP contribution in [0.1, 0.15) is 27.6 Å². The number of nitrogens with zero attached hydrogens (tertiary/aromatic N) is 3. The van der Waals surface area contributed by atoms with Crippen LogP contribution in [0.25, 0.3) is 0 Å². The van der Waals surface area contributed by atoms with E-state index in [0.29, 0.717) is 5.69 Å². The summed E-state index contributed by atoms with van der Waals surface area (Å²) in [4.78, 5) is 12.0. The number of halogens is 3. The van der Waals surface area contributed by atoms with Crippen molar-refractivity contribution in [2.45, 2.75) is 20.0 Å². The Hall–Kier alpha value is -2.32. The Morgan fingerprint density at radius 2 is 2.05 bits per heavy atom. The molecule has 2 aromatic heterocycles. The lowest BCUT2D eigenvalue weighted by molar-refractivity contribution is -0.140. The number of aryl methyl sites for hydroxylation is 3. The molecule has 2 rings (SSSR count). The Labute approximate surface area is 112 Å². The maximum atomic E-state index is 12.7. The van der Waals surface area contributed by atoms with Crippen molar-refractivity contribution in [3.05, 3.63) is 28.8 Å². The first-order chi connectivity index (χ1) is 9.20. The number of carbonyl (C=O) groups is 1. The van der Waals surface area contributed by atoms with E-state index in [1.165, 1.54) is 24.7 Å². The summed E-state index contributed by atoms with van der Waals surface area (Å²) >= 11 is 0. The number of hydrogen-bond acceptors (Lipinski definition) is 3. The second-order valence-electron chi connectivity index (χ2n) is 4.32. The van der Waals surface area contributed by atoms with Crippen molar-refractivity contribution in [1.82, 2.24) is 20.0 Å². The standard InChI is InChI=1S/C11H12F3N5O/c1-5-4-7(19(3)18-5)10(20)15-8-6(2)16-17-9(8)11(12,13)14/h4H,1-3H3,(H,15,20)(H,16,17). The predicted octanol–water partition coefficient (Wildman–Crippen LogP) is 2.03. The zero-order valence-corrected chi connectivity index (χ0v) is 11.0. The van der Waals surface area contributed by atoms with E-state index in [4.69, 9.17) is 0 Å². The van der Waals surface area contributed by atoms with Crippen LogP contribution in [-0.4, -0.2) is 25.9 Å². The van der Waals surface area contributed by atoms with Crippen LogP contribution in [0.15, 0.2) is 6.07 Å². The van der Waals surface area contributed by atoms with Crippen molar-refractivity contribution in [3.8, 4) is 0 Å². The van der Waals surface area contributed by atoms with Gasteiger partial charge in [-0.3, -0.25) is 14.6 Å². The molecule has 6 nitrogen and oxygen atoms in total. The molecule has 0 atom stereocenters. The summed E-state index contributed by atoms with van der Waals surface area (Å²) < 4.78 is 39.5. The highest BCUT2D eigenvalue weighted by Crippen LogP contribution is 2.34. The molecular formula is C11H12F3N5O. The molecule has 0 aliphatic heterocycles. The minimum Gasteiger partial charge on any atom is -0.317 e. The first-order valence-corrected chi connectivity index (χ1v) is 5.64. The molecule has 2 heterocycles. The molecule has 0 fully saturated rings. The Morgan fingerprint density at radius 3 is 2.55 bits per heavy atom. The molecule has 0 saturated heterocycles. The van der Waals surface area contributed by atoms with E-state index in [-0.39, 0.29) is 17.1 Å². The number of rotatable bonds is 2. The molecule has 108 valence electrons. The lowest BCUT2D eigenvalue weighted by Crippen LogP contribution is -2.19. The first kappa shape index (κ1) is 14.1. The van der Waals surface area contributed by atoms with Gasteiger partial charge in [-0.2, -0.15) is 23.4 Å². The molecule has 0 radical (unpaired) electrons. The number of amides is 1. The van der Waals surface area contributed by atoms with Gasteiger partial charge in [-0.05, 0) is 19.9 Å². The van der Waals surface area contributed by atoms with Gasteiger partial charge >= 0.3 is 6.18 Å². The second kappa shape index (κ2) is 4.66. The van der Waals surface area contributed by atoms with Gasteiger partial charge in [-0.1, -0.05) is 0 Å². The number of nitrogens with one attached hydrogen (secondary N) is 2. The van der Waals surface area contributed by atoms with E-state index >= 15 is 0 Å². The third kappa shape index (κ3) is 2.51. The summed E-state index contributed by atoms with van der Waals surface area (Å²) in [5.74, 6) is -0.678. The number of aromatic nitrogens is 4. The van der Waals surface area contributed by atoms with Crippen LogP contribution in [-0.2, 0) is 13.2 Å². The fraction of sp³-hybridized carbons (Fsp3) is 0.364. The Kier molecular flexibility index (Phi) is 3.28. The number of aromatic amines is 1. The summed E-state index contributed by atoms with van der Waals surface area (Å²) in [6, 6.07) is 1.48. The number of anilines is 1. The van der Waals surface area contributed by atoms with Crippen molar-refractivity contribution in [2.24, 2.45) is 7.05 Å². The normalized spacial score (nSPS) is 11.7. The minimum atomic E-state index is -4.64. The Morgan fingerprint density at radius 1 is 1.40 bits per heavy atom. The van der Waals surface area contributed by atoms with Crippen LogP contribution in [0.3, 0.4) is 0 Å². The Bertz CT molecular complexity index is 656. The third-order valence-electron chi connectivity index (χ3n) is 2.69. The average Bonchev–Trinajstić information content (AvgIpc) is 2.82. The lowest BCUT2D eigenvalue weighted by Gasteiger charge is -2.08. The summed E-state index contributed by atoms with van der Waals surface area (Å²) in [7, 11) is 1.54. The second-order valence-corrected chi connectivity index (χ2v) is 4.32. The van der Waals surface area contributed by atoms with Crippen molar-refractivity contribution in [2.75, 3.05) is 5.32 Å². The van der Waals surface area contributed by atoms with Crippen molar-refractivity contribution in [3.63, 3.8) is 0 Å². The molecule has 0 saturated carbocycles. The highest BCUT2D eigenvalue weighted by Gasteiger charge is 2.38. The van der Waals surface area contributed by atoms with Gasteiger partial charge in [0.05, 0.1) is 17.1 Å². The minimum absolute atomic E-state index is 0.129. The number of hydrogen-bond donors (Lipinski definition) is 2. The van der Waals surface area contributed by atoms with Crippen LogP contribution >= 0.6 is 0 Å². The summed E-state index contributed by atoms with van der Waals surface area (Å²) in [5, 5.41) is 11.6. The zero-order valence-electron chi connectivity index (χ0n) is 11.0. The molecule has 0 aromatic carbocycles. The number of carbonyl (C=O) groups excluding carboxylic acids is 1. The van der Waals surface area contributed by atoms with Crippen molar-refractivity contribution in [1.29, 1.82) is 0 Å². The highest BCUT2D eigenvalue weighted by molar-refractivity contribution is 6.03. The quantitative estimate of drug-likeness (QED) is 0.887. The molecule has 0 bridgehead atoms. The number of alkyl halides is 3. The van der Waals surface area contributed by atoms with Gasteiger partial charge in [0.15, 0.2) is 5.69 Å². The van der Waals surface area contributed by atoms with Crippen LogP contribution < -0.4 is 5.32 Å². The van der Waals surface area contributed by atoms with Gasteiger partial charge < -0.3 is 5.32 Å². The van der Waals surface area contributed by atoms with Crippen LogP contribution in [0.5, 0.6) is 0 Å². The lowest BCUT2D eigenvalue weighted by atomic mass is 10.2. The SMILES string of the molecule is Cc1cc(C(=O)Nc2c(C(F)(F)F)n[nH]c2C)n(C)n1. The molecule has 1 amide bonds. The Balaban J connectivity index is 2.33. The summed E-state index contributed by atoms with van der Waals surface area (Å²) in [6.45, 7) is 3.08. The molecule has 0 spiro atoms. The van der Waals surface area contributed by atoms with Crippen molar-refractivity contribution >= 4 is 11.6 Å². The molecule has 2 N–H and O–H groups in total. The van der Waals surface area contributed by atoms with Gasteiger partial charge in [-0.15, -0.1) is 0 Å². The van der Waals surface area contributed by atoms with Gasteiger partial charge in [0.25, 0.3) is 5.91 Å². The third-order valence-corrected chi connectivity index (χ3v) is 2.69. The topological polar surface area (TPSA) is 75.6 Å². The maximum absolute atomic E-state index is 12.7. The zero-order chi connectivity index (χ0) is 15.1. The van der Waals surface area contributed by atoms with Gasteiger partial charge in [0, 0.05) is 7.05 Å². The van der Waals surface area contributed by atoms with Gasteiger partial charge in [-0.25, -0.2) is 0 Å². The smallest absolute Gasteiger partial charge is 0.317 e. The van der Waals surface area contributed by atoms with E-state index in [1.54, 1.807) is 6.92 Å². The summed E-state index contributed by atoms with van der Waals surface area (Å²) in [5.41, 5.74) is -0.637. The molecule has 9 heteroatoms. The predicted molar refractivity (Wildman–Crippen MR) is 64.2 cm³/mol. The van der Waals surface area contributed by atoms with E-state index in [1.807, 2.05) is 0 Å². The highest BCUT2D eigenvalue weighted by atomic mass is 19.4. The molecule has 0 unspecified atom stereocenters. The molecule has 0 aliphatic rings. The molecule has 20 heavy (non-hydrogen) atoms. The van der Waals surface area contributed by atoms with E-state index in [2.05, 4.69) is 20.6 Å².